The molecule has 14 heavy (non-hydrogen) atoms. The SMILES string of the molecule is O=C(NCS(=O)[O-])c1ccccc1F. The predicted molar refractivity (Wildman–Crippen MR) is 47.7 cm³/mol. The fourth-order valence-electron chi connectivity index (χ4n) is 0.865. The lowest BCUT2D eigenvalue weighted by Crippen LogP contribution is -2.27. The fourth-order valence-corrected chi connectivity index (χ4v) is 1.11. The number of rotatable bonds is 3. The molecule has 0 spiro atoms. The van der Waals surface area contributed by atoms with Crippen LogP contribution in [0.5, 0.6) is 0 Å². The number of amides is 1. The number of carbonyl (C=O) groups excluding carboxylic acids is 1. The van der Waals surface area contributed by atoms with Crippen LogP contribution < -0.4 is 5.32 Å². The van der Waals surface area contributed by atoms with Gasteiger partial charge in [-0.2, -0.15) is 0 Å². The van der Waals surface area contributed by atoms with E-state index in [9.17, 15) is 17.9 Å². The molecule has 0 fully saturated rings. The van der Waals surface area contributed by atoms with E-state index in [0.717, 1.165) is 6.07 Å². The standard InChI is InChI=1S/C8H8FNO3S/c9-7-4-2-1-3-6(7)8(11)10-5-14(12)13/h1-4H,5H2,(H,10,11)(H,12,13)/p-1. The maximum Gasteiger partial charge on any atom is 0.254 e. The third-order valence-electron chi connectivity index (χ3n) is 1.47. The van der Waals surface area contributed by atoms with Gasteiger partial charge in [-0.15, -0.1) is 0 Å². The number of nitrogens with one attached hydrogen (secondary N) is 1. The van der Waals surface area contributed by atoms with Crippen molar-refractivity contribution in [3.05, 3.63) is 35.6 Å². The molecule has 0 aliphatic heterocycles. The third kappa shape index (κ3) is 2.90. The number of halogens is 1. The first kappa shape index (κ1) is 10.8. The Balaban J connectivity index is 2.70. The smallest absolute Gasteiger partial charge is 0.254 e. The zero-order valence-electron chi connectivity index (χ0n) is 7.03. The third-order valence-corrected chi connectivity index (χ3v) is 1.85. The minimum atomic E-state index is -2.37. The topological polar surface area (TPSA) is 69.2 Å². The van der Waals surface area contributed by atoms with E-state index < -0.39 is 28.7 Å². The summed E-state index contributed by atoms with van der Waals surface area (Å²) >= 11 is -2.37. The van der Waals surface area contributed by atoms with Crippen LogP contribution in [0.1, 0.15) is 10.4 Å². The van der Waals surface area contributed by atoms with Crippen molar-refractivity contribution in [2.75, 3.05) is 5.88 Å². The van der Waals surface area contributed by atoms with Crippen molar-refractivity contribution in [3.63, 3.8) is 0 Å². The van der Waals surface area contributed by atoms with Crippen molar-refractivity contribution in [2.45, 2.75) is 0 Å². The lowest BCUT2D eigenvalue weighted by Gasteiger charge is -2.07. The first-order valence-corrected chi connectivity index (χ1v) is 4.94. The summed E-state index contributed by atoms with van der Waals surface area (Å²) in [6, 6.07) is 5.34. The first-order valence-electron chi connectivity index (χ1n) is 3.70. The van der Waals surface area contributed by atoms with Gasteiger partial charge in [0, 0.05) is 0 Å². The molecule has 1 amide bonds. The molecular formula is C8H7FNO3S-. The normalized spacial score (nSPS) is 12.1. The van der Waals surface area contributed by atoms with E-state index in [1.807, 2.05) is 5.32 Å². The van der Waals surface area contributed by atoms with E-state index in [1.165, 1.54) is 18.2 Å². The Labute approximate surface area is 82.4 Å². The molecule has 0 bridgehead atoms. The molecule has 0 saturated carbocycles. The van der Waals surface area contributed by atoms with Gasteiger partial charge in [-0.3, -0.25) is 9.00 Å². The molecule has 0 aliphatic rings. The molecule has 1 N–H and O–H groups in total. The van der Waals surface area contributed by atoms with Crippen LogP contribution in [0.15, 0.2) is 24.3 Å². The fraction of sp³-hybridized carbons (Fsp3) is 0.125. The Kier molecular flexibility index (Phi) is 3.73. The largest absolute Gasteiger partial charge is 0.771 e. The zero-order chi connectivity index (χ0) is 10.6. The minimum absolute atomic E-state index is 0.169. The van der Waals surface area contributed by atoms with Gasteiger partial charge < -0.3 is 9.87 Å². The molecule has 4 nitrogen and oxygen atoms in total. The second-order valence-corrected chi connectivity index (χ2v) is 3.33. The van der Waals surface area contributed by atoms with E-state index in [4.69, 9.17) is 0 Å². The van der Waals surface area contributed by atoms with Crippen LogP contribution in [0.4, 0.5) is 4.39 Å². The lowest BCUT2D eigenvalue weighted by atomic mass is 10.2. The predicted octanol–water partition coefficient (Wildman–Crippen LogP) is 0.392. The van der Waals surface area contributed by atoms with E-state index in [1.54, 1.807) is 0 Å². The Morgan fingerprint density at radius 3 is 2.71 bits per heavy atom. The zero-order valence-corrected chi connectivity index (χ0v) is 7.84. The quantitative estimate of drug-likeness (QED) is 0.743. The highest BCUT2D eigenvalue weighted by Crippen LogP contribution is 2.05. The van der Waals surface area contributed by atoms with Gasteiger partial charge in [-0.05, 0) is 23.2 Å². The molecule has 76 valence electrons. The Morgan fingerprint density at radius 1 is 1.50 bits per heavy atom. The summed E-state index contributed by atoms with van der Waals surface area (Å²) in [5.41, 5.74) is -0.169. The van der Waals surface area contributed by atoms with Crippen molar-refractivity contribution in [1.82, 2.24) is 5.32 Å². The minimum Gasteiger partial charge on any atom is -0.771 e. The van der Waals surface area contributed by atoms with E-state index in [2.05, 4.69) is 0 Å². The maximum atomic E-state index is 12.9. The Hall–Kier alpha value is -1.27. The number of hydrogen-bond donors (Lipinski definition) is 1. The van der Waals surface area contributed by atoms with Gasteiger partial charge in [0.1, 0.15) is 5.82 Å². The summed E-state index contributed by atoms with van der Waals surface area (Å²) in [6.45, 7) is 0. The first-order chi connectivity index (χ1) is 6.61. The average molecular weight is 216 g/mol. The van der Waals surface area contributed by atoms with Gasteiger partial charge in [-0.25, -0.2) is 4.39 Å². The van der Waals surface area contributed by atoms with Crippen LogP contribution in [-0.2, 0) is 11.1 Å². The Bertz CT molecular complexity index is 369. The highest BCUT2D eigenvalue weighted by Gasteiger charge is 2.09. The average Bonchev–Trinajstić information content (AvgIpc) is 2.15. The van der Waals surface area contributed by atoms with Crippen LogP contribution in [-0.4, -0.2) is 20.5 Å². The molecule has 1 unspecified atom stereocenters. The summed E-state index contributed by atoms with van der Waals surface area (Å²) < 4.78 is 33.2. The second-order valence-electron chi connectivity index (χ2n) is 2.43. The van der Waals surface area contributed by atoms with Crippen molar-refractivity contribution < 1.29 is 17.9 Å². The second kappa shape index (κ2) is 4.83. The lowest BCUT2D eigenvalue weighted by molar-refractivity contribution is 0.0955. The monoisotopic (exact) mass is 216 g/mol. The summed E-state index contributed by atoms with van der Waals surface area (Å²) in [6.07, 6.45) is 0. The summed E-state index contributed by atoms with van der Waals surface area (Å²) in [5, 5.41) is 2.05. The molecule has 0 saturated heterocycles. The van der Waals surface area contributed by atoms with Gasteiger partial charge in [0.15, 0.2) is 0 Å². The molecule has 6 heteroatoms. The van der Waals surface area contributed by atoms with Crippen LogP contribution in [0.2, 0.25) is 0 Å². The number of benzene rings is 1. The van der Waals surface area contributed by atoms with Gasteiger partial charge in [0.2, 0.25) is 0 Å². The highest BCUT2D eigenvalue weighted by molar-refractivity contribution is 7.79. The van der Waals surface area contributed by atoms with E-state index in [-0.39, 0.29) is 5.56 Å². The number of carbonyl (C=O) groups is 1. The molecule has 0 heterocycles. The summed E-state index contributed by atoms with van der Waals surface area (Å²) in [4.78, 5) is 11.1. The van der Waals surface area contributed by atoms with Crippen molar-refractivity contribution >= 4 is 17.0 Å². The molecule has 1 aromatic rings. The van der Waals surface area contributed by atoms with Crippen LogP contribution >= 0.6 is 0 Å². The highest BCUT2D eigenvalue weighted by atomic mass is 32.2. The van der Waals surface area contributed by atoms with Gasteiger partial charge in [-0.1, -0.05) is 12.1 Å². The van der Waals surface area contributed by atoms with E-state index in [0.29, 0.717) is 0 Å². The van der Waals surface area contributed by atoms with Gasteiger partial charge in [0.25, 0.3) is 5.91 Å². The van der Waals surface area contributed by atoms with Crippen molar-refractivity contribution in [3.8, 4) is 0 Å². The van der Waals surface area contributed by atoms with Crippen molar-refractivity contribution in [2.24, 2.45) is 0 Å². The van der Waals surface area contributed by atoms with Crippen LogP contribution in [0, 0.1) is 5.82 Å². The molecule has 0 aliphatic carbocycles. The number of hydrogen-bond acceptors (Lipinski definition) is 3. The molecule has 1 aromatic carbocycles. The molecular weight excluding hydrogens is 209 g/mol. The Morgan fingerprint density at radius 2 is 2.14 bits per heavy atom. The van der Waals surface area contributed by atoms with Crippen LogP contribution in [0.25, 0.3) is 0 Å². The summed E-state index contributed by atoms with van der Waals surface area (Å²) in [5.74, 6) is -1.94. The molecule has 0 radical (unpaired) electrons. The van der Waals surface area contributed by atoms with Gasteiger partial charge in [0.05, 0.1) is 11.4 Å². The van der Waals surface area contributed by atoms with Crippen LogP contribution in [0.3, 0.4) is 0 Å². The molecule has 1 rings (SSSR count). The van der Waals surface area contributed by atoms with Crippen molar-refractivity contribution in [1.29, 1.82) is 0 Å². The maximum absolute atomic E-state index is 12.9. The van der Waals surface area contributed by atoms with Gasteiger partial charge >= 0.3 is 0 Å². The summed E-state index contributed by atoms with van der Waals surface area (Å²) in [7, 11) is 0. The van der Waals surface area contributed by atoms with E-state index >= 15 is 0 Å². The molecule has 0 aromatic heterocycles. The molecule has 1 atom stereocenters.